The molecule has 1 aromatic heterocycles. The number of carbonyl (C=O) groups excluding carboxylic acids is 1. The molecule has 4 heteroatoms. The van der Waals surface area contributed by atoms with Gasteiger partial charge in [0.15, 0.2) is 18.3 Å². The second kappa shape index (κ2) is 2.64. The second-order valence-electron chi connectivity index (χ2n) is 1.73. The summed E-state index contributed by atoms with van der Waals surface area (Å²) in [5.41, 5.74) is 0.0926. The molecule has 0 spiro atoms. The van der Waals surface area contributed by atoms with Crippen LogP contribution in [0.15, 0.2) is 16.7 Å². The summed E-state index contributed by atoms with van der Waals surface area (Å²) in [6.45, 7) is 0. The van der Waals surface area contributed by atoms with Gasteiger partial charge < -0.3 is 14.6 Å². The van der Waals surface area contributed by atoms with E-state index in [0.29, 0.717) is 6.29 Å². The third-order valence-electron chi connectivity index (χ3n) is 1.11. The Morgan fingerprint density at radius 3 is 2.70 bits per heavy atom. The van der Waals surface area contributed by atoms with Gasteiger partial charge in [-0.25, -0.2) is 0 Å². The molecule has 0 amide bonds. The van der Waals surface area contributed by atoms with Gasteiger partial charge in [0.25, 0.3) is 0 Å². The van der Waals surface area contributed by atoms with Crippen LogP contribution in [-0.4, -0.2) is 16.5 Å². The molecule has 54 valence electrons. The van der Waals surface area contributed by atoms with E-state index in [1.165, 1.54) is 12.3 Å². The van der Waals surface area contributed by atoms with Gasteiger partial charge in [0.2, 0.25) is 0 Å². The first kappa shape index (κ1) is 6.98. The fourth-order valence-electron chi connectivity index (χ4n) is 0.640. The fourth-order valence-corrected chi connectivity index (χ4v) is 0.640. The van der Waals surface area contributed by atoms with Crippen molar-refractivity contribution < 1.29 is 19.4 Å². The number of rotatable bonds is 2. The van der Waals surface area contributed by atoms with Gasteiger partial charge in [-0.05, 0) is 6.07 Å². The first-order valence-corrected chi connectivity index (χ1v) is 2.64. The molecule has 1 rings (SSSR count). The summed E-state index contributed by atoms with van der Waals surface area (Å²) < 4.78 is 4.59. The summed E-state index contributed by atoms with van der Waals surface area (Å²) >= 11 is 0. The van der Waals surface area contributed by atoms with Crippen molar-refractivity contribution in [3.05, 3.63) is 23.7 Å². The van der Waals surface area contributed by atoms with Gasteiger partial charge in [0.1, 0.15) is 0 Å². The zero-order valence-electron chi connectivity index (χ0n) is 5.02. The lowest BCUT2D eigenvalue weighted by Gasteiger charge is -1.97. The van der Waals surface area contributed by atoms with Crippen molar-refractivity contribution in [3.63, 3.8) is 0 Å². The van der Waals surface area contributed by atoms with Crippen LogP contribution in [0.2, 0.25) is 0 Å². The molecule has 2 N–H and O–H groups in total. The molecule has 0 radical (unpaired) electrons. The van der Waals surface area contributed by atoms with Crippen LogP contribution in [0.1, 0.15) is 22.4 Å². The minimum atomic E-state index is -1.64. The third kappa shape index (κ3) is 1.07. The number of carbonyl (C=O) groups is 1. The summed E-state index contributed by atoms with van der Waals surface area (Å²) in [6.07, 6.45) is 0.00625. The van der Waals surface area contributed by atoms with E-state index < -0.39 is 6.29 Å². The van der Waals surface area contributed by atoms with Crippen LogP contribution in [0.3, 0.4) is 0 Å². The van der Waals surface area contributed by atoms with Gasteiger partial charge in [-0.1, -0.05) is 0 Å². The van der Waals surface area contributed by atoms with Crippen molar-refractivity contribution in [1.82, 2.24) is 0 Å². The molecule has 4 nitrogen and oxygen atoms in total. The summed E-state index contributed by atoms with van der Waals surface area (Å²) in [7, 11) is 0. The molecule has 0 bridgehead atoms. The van der Waals surface area contributed by atoms with Crippen molar-refractivity contribution in [3.8, 4) is 0 Å². The highest BCUT2D eigenvalue weighted by atomic mass is 16.5. The summed E-state index contributed by atoms with van der Waals surface area (Å²) in [6, 6.07) is 1.33. The van der Waals surface area contributed by atoms with Gasteiger partial charge in [0, 0.05) is 0 Å². The largest absolute Gasteiger partial charge is 0.461 e. The van der Waals surface area contributed by atoms with Gasteiger partial charge >= 0.3 is 0 Å². The van der Waals surface area contributed by atoms with Crippen LogP contribution < -0.4 is 0 Å². The highest BCUT2D eigenvalue weighted by Crippen LogP contribution is 2.14. The molecule has 0 saturated carbocycles. The summed E-state index contributed by atoms with van der Waals surface area (Å²) in [5.74, 6) is -0.0463. The quantitative estimate of drug-likeness (QED) is 0.453. The van der Waals surface area contributed by atoms with Gasteiger partial charge in [-0.3, -0.25) is 4.79 Å². The molecule has 1 heterocycles. The molecule has 0 unspecified atom stereocenters. The Balaban J connectivity index is 3.01. The Morgan fingerprint density at radius 2 is 2.30 bits per heavy atom. The maximum absolute atomic E-state index is 10.1. The number of aliphatic hydroxyl groups excluding tert-OH is 1. The Labute approximate surface area is 56.7 Å². The van der Waals surface area contributed by atoms with Gasteiger partial charge in [0.05, 0.1) is 11.8 Å². The lowest BCUT2D eigenvalue weighted by Crippen LogP contribution is -1.95. The molecule has 0 aliphatic rings. The van der Waals surface area contributed by atoms with E-state index in [-0.39, 0.29) is 11.3 Å². The number of aldehydes is 1. The molecule has 0 aliphatic heterocycles. The normalized spacial score (nSPS) is 10.3. The monoisotopic (exact) mass is 142 g/mol. The molecule has 1 aromatic rings. The average molecular weight is 142 g/mol. The van der Waals surface area contributed by atoms with Crippen molar-refractivity contribution >= 4 is 6.29 Å². The number of furan rings is 1. The topological polar surface area (TPSA) is 70.7 Å². The van der Waals surface area contributed by atoms with E-state index in [1.807, 2.05) is 0 Å². The van der Waals surface area contributed by atoms with Crippen LogP contribution in [0.5, 0.6) is 0 Å². The molecular formula is C6H6O4. The standard InChI is InChI=1S/C6H6O4/c7-3-5-4(6(8)9)1-2-10-5/h1-3,6,8-9H. The minimum Gasteiger partial charge on any atom is -0.461 e. The van der Waals surface area contributed by atoms with E-state index in [0.717, 1.165) is 0 Å². The first-order valence-electron chi connectivity index (χ1n) is 2.64. The fraction of sp³-hybridized carbons (Fsp3) is 0.167. The molecular weight excluding hydrogens is 136 g/mol. The van der Waals surface area contributed by atoms with Crippen molar-refractivity contribution in [1.29, 1.82) is 0 Å². The van der Waals surface area contributed by atoms with E-state index in [9.17, 15) is 4.79 Å². The number of hydrogen-bond donors (Lipinski definition) is 2. The predicted molar refractivity (Wildman–Crippen MR) is 31.3 cm³/mol. The Kier molecular flexibility index (Phi) is 1.84. The molecule has 0 fully saturated rings. The van der Waals surface area contributed by atoms with Crippen LogP contribution in [-0.2, 0) is 0 Å². The first-order chi connectivity index (χ1) is 4.75. The average Bonchev–Trinajstić information content (AvgIpc) is 2.33. The highest BCUT2D eigenvalue weighted by molar-refractivity contribution is 5.72. The summed E-state index contributed by atoms with van der Waals surface area (Å²) in [4.78, 5) is 10.1. The molecule has 0 saturated heterocycles. The van der Waals surface area contributed by atoms with Crippen LogP contribution in [0.25, 0.3) is 0 Å². The predicted octanol–water partition coefficient (Wildman–Crippen LogP) is 0.0753. The van der Waals surface area contributed by atoms with Gasteiger partial charge in [-0.2, -0.15) is 0 Å². The third-order valence-corrected chi connectivity index (χ3v) is 1.11. The maximum atomic E-state index is 10.1. The van der Waals surface area contributed by atoms with Crippen molar-refractivity contribution in [2.45, 2.75) is 6.29 Å². The van der Waals surface area contributed by atoms with E-state index in [1.54, 1.807) is 0 Å². The Morgan fingerprint density at radius 1 is 1.60 bits per heavy atom. The van der Waals surface area contributed by atoms with E-state index in [4.69, 9.17) is 10.2 Å². The van der Waals surface area contributed by atoms with Crippen LogP contribution in [0, 0.1) is 0 Å². The Bertz CT molecular complexity index is 225. The molecule has 0 aromatic carbocycles. The molecule has 0 atom stereocenters. The second-order valence-corrected chi connectivity index (χ2v) is 1.73. The van der Waals surface area contributed by atoms with Gasteiger partial charge in [-0.15, -0.1) is 0 Å². The number of aliphatic hydroxyl groups is 2. The lowest BCUT2D eigenvalue weighted by atomic mass is 10.2. The lowest BCUT2D eigenvalue weighted by molar-refractivity contribution is -0.0432. The smallest absolute Gasteiger partial charge is 0.185 e. The van der Waals surface area contributed by atoms with E-state index in [2.05, 4.69) is 4.42 Å². The Hall–Kier alpha value is -1.13. The number of hydrogen-bond acceptors (Lipinski definition) is 4. The SMILES string of the molecule is O=Cc1occc1C(O)O. The minimum absolute atomic E-state index is 0.0463. The van der Waals surface area contributed by atoms with E-state index >= 15 is 0 Å². The van der Waals surface area contributed by atoms with Crippen molar-refractivity contribution in [2.75, 3.05) is 0 Å². The zero-order valence-corrected chi connectivity index (χ0v) is 5.02. The maximum Gasteiger partial charge on any atom is 0.185 e. The van der Waals surface area contributed by atoms with Crippen molar-refractivity contribution in [2.24, 2.45) is 0 Å². The molecule has 10 heavy (non-hydrogen) atoms. The summed E-state index contributed by atoms with van der Waals surface area (Å²) in [5, 5.41) is 17.1. The van der Waals surface area contributed by atoms with Crippen LogP contribution in [0.4, 0.5) is 0 Å². The molecule has 0 aliphatic carbocycles. The highest BCUT2D eigenvalue weighted by Gasteiger charge is 2.10. The van der Waals surface area contributed by atoms with Crippen LogP contribution >= 0.6 is 0 Å². The zero-order chi connectivity index (χ0) is 7.56.